The second-order valence-corrected chi connectivity index (χ2v) is 11.2. The molecule has 0 spiro atoms. The zero-order valence-corrected chi connectivity index (χ0v) is 19.8. The summed E-state index contributed by atoms with van der Waals surface area (Å²) >= 11 is 5.60. The number of esters is 1. The van der Waals surface area contributed by atoms with Crippen molar-refractivity contribution in [3.8, 4) is 0 Å². The summed E-state index contributed by atoms with van der Waals surface area (Å²) in [6, 6.07) is 0. The van der Waals surface area contributed by atoms with Crippen LogP contribution in [-0.2, 0) is 19.1 Å². The number of allylic oxidation sites excluding steroid dienone is 1. The standard InChI is InChI=1S/C25H35ClO6/c1-23-9-7-16(27)12-15(23)5-6-17-18-8-10-25(31,24(18,2)13-19(28)22(17)23)20(29)14-32-21(30)4-3-11-26/h12,17-19,22,28,31H,3-11,13-14H2,1-2H3/t17-,18-,19+,22+,23-,24-,25-/m0/s1. The monoisotopic (exact) mass is 466 g/mol. The Labute approximate surface area is 194 Å². The van der Waals surface area contributed by atoms with E-state index in [1.165, 1.54) is 0 Å². The highest BCUT2D eigenvalue weighted by molar-refractivity contribution is 6.17. The Kier molecular flexibility index (Phi) is 6.36. The zero-order valence-electron chi connectivity index (χ0n) is 19.1. The lowest BCUT2D eigenvalue weighted by molar-refractivity contribution is -0.184. The van der Waals surface area contributed by atoms with Crippen LogP contribution in [0.25, 0.3) is 0 Å². The summed E-state index contributed by atoms with van der Waals surface area (Å²) in [4.78, 5) is 37.0. The quantitative estimate of drug-likeness (QED) is 0.460. The molecule has 7 atom stereocenters. The van der Waals surface area contributed by atoms with Gasteiger partial charge in [-0.1, -0.05) is 19.4 Å². The molecule has 3 saturated carbocycles. The Morgan fingerprint density at radius 3 is 2.69 bits per heavy atom. The normalized spacial score (nSPS) is 43.0. The highest BCUT2D eigenvalue weighted by atomic mass is 35.5. The van der Waals surface area contributed by atoms with Crippen LogP contribution in [0.4, 0.5) is 0 Å². The zero-order chi connectivity index (χ0) is 23.3. The van der Waals surface area contributed by atoms with E-state index in [4.69, 9.17) is 16.3 Å². The van der Waals surface area contributed by atoms with E-state index < -0.39 is 35.5 Å². The maximum Gasteiger partial charge on any atom is 0.306 e. The molecular weight excluding hydrogens is 432 g/mol. The van der Waals surface area contributed by atoms with Crippen molar-refractivity contribution >= 4 is 29.1 Å². The molecule has 2 N–H and O–H groups in total. The number of ether oxygens (including phenoxy) is 1. The van der Waals surface area contributed by atoms with Gasteiger partial charge in [0, 0.05) is 24.1 Å². The summed E-state index contributed by atoms with van der Waals surface area (Å²) in [6.07, 6.45) is 6.07. The Bertz CT molecular complexity index is 838. The van der Waals surface area contributed by atoms with E-state index >= 15 is 0 Å². The van der Waals surface area contributed by atoms with Gasteiger partial charge in [-0.05, 0) is 74.2 Å². The SMILES string of the molecule is C[C@]12CCC(=O)C=C1CC[C@@H]1[C@@H]2[C@H](O)C[C@@]2(C)[C@H]1CC[C@]2(O)C(=O)COC(=O)CCCCl. The van der Waals surface area contributed by atoms with Gasteiger partial charge in [0.1, 0.15) is 5.60 Å². The van der Waals surface area contributed by atoms with Gasteiger partial charge in [-0.15, -0.1) is 11.6 Å². The first kappa shape index (κ1) is 23.9. The molecule has 0 bridgehead atoms. The van der Waals surface area contributed by atoms with Gasteiger partial charge in [-0.2, -0.15) is 0 Å². The number of aliphatic hydroxyl groups excluding tert-OH is 1. The maximum atomic E-state index is 13.1. The summed E-state index contributed by atoms with van der Waals surface area (Å²) in [5.41, 5.74) is -1.43. The van der Waals surface area contributed by atoms with Crippen molar-refractivity contribution in [2.24, 2.45) is 28.6 Å². The number of hydrogen-bond donors (Lipinski definition) is 2. The second kappa shape index (κ2) is 8.52. The fourth-order valence-corrected chi connectivity index (χ4v) is 7.83. The lowest BCUT2D eigenvalue weighted by atomic mass is 9.45. The van der Waals surface area contributed by atoms with Crippen molar-refractivity contribution in [1.29, 1.82) is 0 Å². The number of halogens is 1. The second-order valence-electron chi connectivity index (χ2n) is 10.9. The third-order valence-electron chi connectivity index (χ3n) is 9.39. The number of fused-ring (bicyclic) bond motifs is 5. The third kappa shape index (κ3) is 3.57. The van der Waals surface area contributed by atoms with Crippen molar-refractivity contribution < 1.29 is 29.3 Å². The minimum atomic E-state index is -1.62. The molecule has 0 heterocycles. The fourth-order valence-electron chi connectivity index (χ4n) is 7.70. The molecule has 0 aromatic heterocycles. The molecule has 7 heteroatoms. The highest BCUT2D eigenvalue weighted by Crippen LogP contribution is 2.67. The van der Waals surface area contributed by atoms with E-state index in [0.717, 1.165) is 24.8 Å². The predicted octanol–water partition coefficient (Wildman–Crippen LogP) is 3.35. The van der Waals surface area contributed by atoms with Crippen LogP contribution in [0, 0.1) is 28.6 Å². The maximum absolute atomic E-state index is 13.1. The van der Waals surface area contributed by atoms with Crippen molar-refractivity contribution in [3.05, 3.63) is 11.6 Å². The molecule has 6 nitrogen and oxygen atoms in total. The van der Waals surface area contributed by atoms with Crippen molar-refractivity contribution in [3.63, 3.8) is 0 Å². The molecule has 4 aliphatic rings. The molecule has 0 saturated heterocycles. The van der Waals surface area contributed by atoms with Gasteiger partial charge in [0.2, 0.25) is 5.78 Å². The molecule has 0 amide bonds. The van der Waals surface area contributed by atoms with Crippen LogP contribution in [0.1, 0.15) is 71.6 Å². The van der Waals surface area contributed by atoms with Crippen LogP contribution >= 0.6 is 11.6 Å². The van der Waals surface area contributed by atoms with E-state index in [1.807, 2.05) is 6.92 Å². The molecule has 0 unspecified atom stereocenters. The van der Waals surface area contributed by atoms with Gasteiger partial charge in [-0.25, -0.2) is 0 Å². The van der Waals surface area contributed by atoms with Crippen molar-refractivity contribution in [2.45, 2.75) is 83.3 Å². The first-order valence-electron chi connectivity index (χ1n) is 12.0. The minimum absolute atomic E-state index is 0.0273. The average Bonchev–Trinajstić information content (AvgIpc) is 3.02. The van der Waals surface area contributed by atoms with Gasteiger partial charge in [0.25, 0.3) is 0 Å². The first-order chi connectivity index (χ1) is 15.1. The van der Waals surface area contributed by atoms with Crippen LogP contribution in [0.3, 0.4) is 0 Å². The molecule has 4 aliphatic carbocycles. The number of alkyl halides is 1. The number of aliphatic hydroxyl groups is 2. The van der Waals surface area contributed by atoms with Crippen LogP contribution in [0.15, 0.2) is 11.6 Å². The Morgan fingerprint density at radius 1 is 1.22 bits per heavy atom. The number of Topliss-reactive ketones (excluding diaryl/α,β-unsaturated/α-hetero) is 1. The van der Waals surface area contributed by atoms with Crippen molar-refractivity contribution in [2.75, 3.05) is 12.5 Å². The van der Waals surface area contributed by atoms with Gasteiger partial charge >= 0.3 is 5.97 Å². The largest absolute Gasteiger partial charge is 0.458 e. The highest BCUT2D eigenvalue weighted by Gasteiger charge is 2.68. The Hall–Kier alpha value is -1.24. The Balaban J connectivity index is 1.55. The molecule has 0 aromatic carbocycles. The number of hydrogen-bond acceptors (Lipinski definition) is 6. The molecule has 4 rings (SSSR count). The van der Waals surface area contributed by atoms with Crippen LogP contribution < -0.4 is 0 Å². The number of carbonyl (C=O) groups is 3. The summed E-state index contributed by atoms with van der Waals surface area (Å²) in [5.74, 6) is -0.125. The van der Waals surface area contributed by atoms with Gasteiger partial charge in [0.05, 0.1) is 6.10 Å². The van der Waals surface area contributed by atoms with Gasteiger partial charge < -0.3 is 14.9 Å². The van der Waals surface area contributed by atoms with E-state index in [9.17, 15) is 24.6 Å². The number of carbonyl (C=O) groups excluding carboxylic acids is 3. The first-order valence-corrected chi connectivity index (χ1v) is 12.5. The number of rotatable bonds is 6. The Morgan fingerprint density at radius 2 is 1.97 bits per heavy atom. The summed E-state index contributed by atoms with van der Waals surface area (Å²) in [6.45, 7) is 3.66. The van der Waals surface area contributed by atoms with Crippen molar-refractivity contribution in [1.82, 2.24) is 0 Å². The summed E-state index contributed by atoms with van der Waals surface area (Å²) in [5, 5.41) is 23.0. The lowest BCUT2D eigenvalue weighted by Crippen LogP contribution is -2.62. The molecule has 3 fully saturated rings. The molecule has 178 valence electrons. The van der Waals surface area contributed by atoms with Crippen LogP contribution in [0.5, 0.6) is 0 Å². The van der Waals surface area contributed by atoms with Crippen LogP contribution in [0.2, 0.25) is 0 Å². The minimum Gasteiger partial charge on any atom is -0.458 e. The predicted molar refractivity (Wildman–Crippen MR) is 119 cm³/mol. The van der Waals surface area contributed by atoms with Crippen LogP contribution in [-0.4, -0.2) is 51.9 Å². The topological polar surface area (TPSA) is 101 Å². The summed E-state index contributed by atoms with van der Waals surface area (Å²) < 4.78 is 5.13. The summed E-state index contributed by atoms with van der Waals surface area (Å²) in [7, 11) is 0. The van der Waals surface area contributed by atoms with E-state index in [0.29, 0.717) is 38.0 Å². The van der Waals surface area contributed by atoms with E-state index in [1.54, 1.807) is 6.08 Å². The smallest absolute Gasteiger partial charge is 0.306 e. The molecular formula is C25H35ClO6. The fraction of sp³-hybridized carbons (Fsp3) is 0.800. The number of ketones is 2. The van der Waals surface area contributed by atoms with Gasteiger partial charge in [-0.3, -0.25) is 14.4 Å². The third-order valence-corrected chi connectivity index (χ3v) is 9.66. The van der Waals surface area contributed by atoms with E-state index in [-0.39, 0.29) is 35.4 Å². The van der Waals surface area contributed by atoms with Gasteiger partial charge in [0.15, 0.2) is 12.4 Å². The van der Waals surface area contributed by atoms with E-state index in [2.05, 4.69) is 6.92 Å². The lowest BCUT2D eigenvalue weighted by Gasteiger charge is -2.60. The molecule has 0 aromatic rings. The molecule has 32 heavy (non-hydrogen) atoms. The molecule has 0 radical (unpaired) electrons. The molecule has 0 aliphatic heterocycles. The average molecular weight is 467 g/mol.